The van der Waals surface area contributed by atoms with Crippen LogP contribution >= 0.6 is 0 Å². The summed E-state index contributed by atoms with van der Waals surface area (Å²) >= 11 is 0. The fraction of sp³-hybridized carbons (Fsp3) is 0.385. The van der Waals surface area contributed by atoms with Crippen molar-refractivity contribution in [3.05, 3.63) is 42.0 Å². The van der Waals surface area contributed by atoms with Crippen LogP contribution in [-0.4, -0.2) is 14.7 Å². The van der Waals surface area contributed by atoms with Gasteiger partial charge in [-0.3, -0.25) is 0 Å². The summed E-state index contributed by atoms with van der Waals surface area (Å²) in [6, 6.07) is 7.12. The number of hydrogen-bond acceptors (Lipinski definition) is 2. The normalized spacial score (nSPS) is 14.2. The summed E-state index contributed by atoms with van der Waals surface area (Å²) in [7, 11) is -3.07. The molecule has 16 heavy (non-hydrogen) atoms. The van der Waals surface area contributed by atoms with Crippen LogP contribution in [0.5, 0.6) is 0 Å². The second kappa shape index (κ2) is 5.30. The summed E-state index contributed by atoms with van der Waals surface area (Å²) in [6.45, 7) is 4.15. The maximum absolute atomic E-state index is 11.3. The molecule has 1 aromatic carbocycles. The van der Waals surface area contributed by atoms with Crippen LogP contribution in [-0.2, 0) is 16.3 Å². The SMILES string of the molecule is C/C=C\C(C)Cc1ccc(S(C)(=O)=O)cc1. The molecule has 1 rings (SSSR count). The van der Waals surface area contributed by atoms with Crippen molar-refractivity contribution in [1.82, 2.24) is 0 Å². The summed E-state index contributed by atoms with van der Waals surface area (Å²) in [6.07, 6.45) is 6.35. The van der Waals surface area contributed by atoms with Gasteiger partial charge in [0.2, 0.25) is 0 Å². The Morgan fingerprint density at radius 3 is 2.25 bits per heavy atom. The molecule has 0 radical (unpaired) electrons. The lowest BCUT2D eigenvalue weighted by Crippen LogP contribution is -1.99. The van der Waals surface area contributed by atoms with Crippen molar-refractivity contribution in [2.45, 2.75) is 25.2 Å². The van der Waals surface area contributed by atoms with Crippen LogP contribution in [0.25, 0.3) is 0 Å². The molecule has 0 aliphatic carbocycles. The average Bonchev–Trinajstić information content (AvgIpc) is 2.17. The molecule has 1 aromatic rings. The number of sulfone groups is 1. The number of hydrogen-bond donors (Lipinski definition) is 0. The molecule has 0 amide bonds. The van der Waals surface area contributed by atoms with Crippen molar-refractivity contribution in [1.29, 1.82) is 0 Å². The Balaban J connectivity index is 2.80. The van der Waals surface area contributed by atoms with E-state index in [4.69, 9.17) is 0 Å². The predicted octanol–water partition coefficient (Wildman–Crippen LogP) is 2.84. The molecule has 1 unspecified atom stereocenters. The molecule has 0 spiro atoms. The fourth-order valence-corrected chi connectivity index (χ4v) is 2.27. The van der Waals surface area contributed by atoms with E-state index in [0.29, 0.717) is 10.8 Å². The zero-order valence-electron chi connectivity index (χ0n) is 9.97. The first-order chi connectivity index (χ1) is 7.43. The lowest BCUT2D eigenvalue weighted by molar-refractivity contribution is 0.602. The minimum absolute atomic E-state index is 0.384. The third-order valence-corrected chi connectivity index (χ3v) is 3.56. The summed E-state index contributed by atoms with van der Waals surface area (Å²) in [5.41, 5.74) is 1.16. The van der Waals surface area contributed by atoms with Gasteiger partial charge in [0.25, 0.3) is 0 Å². The minimum atomic E-state index is -3.07. The number of benzene rings is 1. The standard InChI is InChI=1S/C13H18O2S/c1-4-5-11(2)10-12-6-8-13(9-7-12)16(3,14)15/h4-9,11H,10H2,1-3H3/b5-4-. The van der Waals surface area contributed by atoms with Crippen molar-refractivity contribution in [2.24, 2.45) is 5.92 Å². The molecule has 2 nitrogen and oxygen atoms in total. The summed E-state index contributed by atoms with van der Waals surface area (Å²) in [4.78, 5) is 0.384. The summed E-state index contributed by atoms with van der Waals surface area (Å²) in [5.74, 6) is 0.481. The van der Waals surface area contributed by atoms with Gasteiger partial charge in [0.1, 0.15) is 0 Å². The molecule has 0 saturated carbocycles. The van der Waals surface area contributed by atoms with Crippen LogP contribution in [0.15, 0.2) is 41.3 Å². The van der Waals surface area contributed by atoms with Gasteiger partial charge in [0, 0.05) is 6.26 Å². The first kappa shape index (κ1) is 13.0. The predicted molar refractivity (Wildman–Crippen MR) is 67.2 cm³/mol. The maximum Gasteiger partial charge on any atom is 0.175 e. The van der Waals surface area contributed by atoms with Crippen molar-refractivity contribution in [3.8, 4) is 0 Å². The van der Waals surface area contributed by atoms with E-state index in [2.05, 4.69) is 13.0 Å². The first-order valence-corrected chi connectivity index (χ1v) is 7.24. The van der Waals surface area contributed by atoms with Gasteiger partial charge >= 0.3 is 0 Å². The highest BCUT2D eigenvalue weighted by molar-refractivity contribution is 7.90. The molecule has 0 bridgehead atoms. The first-order valence-electron chi connectivity index (χ1n) is 5.35. The molecule has 88 valence electrons. The van der Waals surface area contributed by atoms with Gasteiger partial charge < -0.3 is 0 Å². The second-order valence-electron chi connectivity index (χ2n) is 4.12. The Kier molecular flexibility index (Phi) is 4.30. The second-order valence-corrected chi connectivity index (χ2v) is 6.14. The van der Waals surface area contributed by atoms with E-state index < -0.39 is 9.84 Å². The zero-order chi connectivity index (χ0) is 12.2. The van der Waals surface area contributed by atoms with Crippen LogP contribution in [0.4, 0.5) is 0 Å². The van der Waals surface area contributed by atoms with Gasteiger partial charge in [-0.1, -0.05) is 31.2 Å². The Bertz CT molecular complexity index is 455. The molecule has 0 aromatic heterocycles. The van der Waals surface area contributed by atoms with Crippen LogP contribution in [0.3, 0.4) is 0 Å². The van der Waals surface area contributed by atoms with E-state index in [9.17, 15) is 8.42 Å². The molecule has 3 heteroatoms. The third-order valence-electron chi connectivity index (χ3n) is 2.43. The minimum Gasteiger partial charge on any atom is -0.224 e. The van der Waals surface area contributed by atoms with E-state index in [0.717, 1.165) is 12.0 Å². The van der Waals surface area contributed by atoms with Crippen LogP contribution in [0.1, 0.15) is 19.4 Å². The van der Waals surface area contributed by atoms with Gasteiger partial charge in [-0.2, -0.15) is 0 Å². The Hall–Kier alpha value is -1.09. The van der Waals surface area contributed by atoms with Gasteiger partial charge in [0.15, 0.2) is 9.84 Å². The molecule has 0 saturated heterocycles. The summed E-state index contributed by atoms with van der Waals surface area (Å²) in [5, 5.41) is 0. The largest absolute Gasteiger partial charge is 0.224 e. The smallest absolute Gasteiger partial charge is 0.175 e. The van der Waals surface area contributed by atoms with Crippen LogP contribution < -0.4 is 0 Å². The molecule has 0 aliphatic heterocycles. The molecule has 0 aliphatic rings. The van der Waals surface area contributed by atoms with E-state index in [1.807, 2.05) is 25.1 Å². The van der Waals surface area contributed by atoms with Gasteiger partial charge in [-0.25, -0.2) is 8.42 Å². The monoisotopic (exact) mass is 238 g/mol. The molecule has 0 heterocycles. The van der Waals surface area contributed by atoms with E-state index in [1.54, 1.807) is 12.1 Å². The number of rotatable bonds is 4. The van der Waals surface area contributed by atoms with Gasteiger partial charge in [-0.05, 0) is 37.0 Å². The van der Waals surface area contributed by atoms with Gasteiger partial charge in [0.05, 0.1) is 4.90 Å². The summed E-state index contributed by atoms with van der Waals surface area (Å²) < 4.78 is 22.5. The maximum atomic E-state index is 11.3. The van der Waals surface area contributed by atoms with Crippen LogP contribution in [0, 0.1) is 5.92 Å². The highest BCUT2D eigenvalue weighted by atomic mass is 32.2. The van der Waals surface area contributed by atoms with Gasteiger partial charge in [-0.15, -0.1) is 0 Å². The molecule has 0 N–H and O–H groups in total. The van der Waals surface area contributed by atoms with Crippen molar-refractivity contribution >= 4 is 9.84 Å². The molecular weight excluding hydrogens is 220 g/mol. The highest BCUT2D eigenvalue weighted by Crippen LogP contribution is 2.14. The molecular formula is C13H18O2S. The van der Waals surface area contributed by atoms with Crippen molar-refractivity contribution in [3.63, 3.8) is 0 Å². The van der Waals surface area contributed by atoms with E-state index >= 15 is 0 Å². The Labute approximate surface area is 97.9 Å². The van der Waals surface area contributed by atoms with Crippen LogP contribution in [0.2, 0.25) is 0 Å². The van der Waals surface area contributed by atoms with E-state index in [-0.39, 0.29) is 0 Å². The topological polar surface area (TPSA) is 34.1 Å². The molecule has 0 fully saturated rings. The number of allylic oxidation sites excluding steroid dienone is 2. The highest BCUT2D eigenvalue weighted by Gasteiger charge is 2.06. The third kappa shape index (κ3) is 3.81. The zero-order valence-corrected chi connectivity index (χ0v) is 10.8. The lowest BCUT2D eigenvalue weighted by atomic mass is 10.0. The lowest BCUT2D eigenvalue weighted by Gasteiger charge is -2.06. The quantitative estimate of drug-likeness (QED) is 0.756. The van der Waals surface area contributed by atoms with E-state index in [1.165, 1.54) is 6.26 Å². The fourth-order valence-electron chi connectivity index (χ4n) is 1.64. The Morgan fingerprint density at radius 1 is 1.25 bits per heavy atom. The molecule has 1 atom stereocenters. The van der Waals surface area contributed by atoms with Crippen molar-refractivity contribution in [2.75, 3.05) is 6.26 Å². The van der Waals surface area contributed by atoms with Crippen molar-refractivity contribution < 1.29 is 8.42 Å². The average molecular weight is 238 g/mol. The Morgan fingerprint density at radius 2 is 1.81 bits per heavy atom.